The standard InChI is InChI=1S/C15H28ClN3Si/c1-6-8-10-19(11-9-7-2)15-17-12-13(14(16)18-15)20(3,4)5/h12H,6-11H2,1-5H3. The molecule has 0 aliphatic heterocycles. The SMILES string of the molecule is CCCCN(CCCC)c1ncc([Si](C)(C)C)c(Cl)n1. The van der Waals surface area contributed by atoms with Crippen LogP contribution in [0.2, 0.25) is 24.8 Å². The van der Waals surface area contributed by atoms with Crippen molar-refractivity contribution in [1.82, 2.24) is 9.97 Å². The zero-order valence-corrected chi connectivity index (χ0v) is 15.3. The molecular formula is C15H28ClN3Si. The fraction of sp³-hybridized carbons (Fsp3) is 0.733. The summed E-state index contributed by atoms with van der Waals surface area (Å²) in [5.41, 5.74) is 0. The van der Waals surface area contributed by atoms with E-state index >= 15 is 0 Å². The number of aromatic nitrogens is 2. The van der Waals surface area contributed by atoms with E-state index in [4.69, 9.17) is 11.6 Å². The van der Waals surface area contributed by atoms with E-state index in [1.165, 1.54) is 25.7 Å². The molecule has 114 valence electrons. The lowest BCUT2D eigenvalue weighted by Gasteiger charge is -2.24. The van der Waals surface area contributed by atoms with Crippen LogP contribution in [0, 0.1) is 0 Å². The highest BCUT2D eigenvalue weighted by Gasteiger charge is 2.22. The summed E-state index contributed by atoms with van der Waals surface area (Å²) in [5, 5.41) is 1.79. The minimum Gasteiger partial charge on any atom is -0.341 e. The van der Waals surface area contributed by atoms with Gasteiger partial charge in [0.2, 0.25) is 5.95 Å². The van der Waals surface area contributed by atoms with Gasteiger partial charge in [-0.2, -0.15) is 0 Å². The Hall–Kier alpha value is -0.613. The summed E-state index contributed by atoms with van der Waals surface area (Å²) in [6.07, 6.45) is 6.65. The first kappa shape index (κ1) is 17.4. The summed E-state index contributed by atoms with van der Waals surface area (Å²) in [6, 6.07) is 0. The highest BCUT2D eigenvalue weighted by molar-refractivity contribution is 6.90. The van der Waals surface area contributed by atoms with E-state index in [2.05, 4.69) is 48.4 Å². The van der Waals surface area contributed by atoms with Crippen LogP contribution in [0.4, 0.5) is 5.95 Å². The number of rotatable bonds is 8. The predicted octanol–water partition coefficient (Wildman–Crippen LogP) is 4.08. The third-order valence-electron chi connectivity index (χ3n) is 3.38. The molecule has 0 radical (unpaired) electrons. The van der Waals surface area contributed by atoms with Crippen LogP contribution in [-0.2, 0) is 0 Å². The molecule has 20 heavy (non-hydrogen) atoms. The Balaban J connectivity index is 2.93. The number of unbranched alkanes of at least 4 members (excludes halogenated alkanes) is 2. The Morgan fingerprint density at radius 3 is 2.05 bits per heavy atom. The van der Waals surface area contributed by atoms with Gasteiger partial charge in [0.1, 0.15) is 5.15 Å². The van der Waals surface area contributed by atoms with Gasteiger partial charge in [0.25, 0.3) is 0 Å². The molecule has 0 saturated heterocycles. The second-order valence-electron chi connectivity index (χ2n) is 6.32. The monoisotopic (exact) mass is 313 g/mol. The van der Waals surface area contributed by atoms with Crippen molar-refractivity contribution in [2.24, 2.45) is 0 Å². The average Bonchev–Trinajstić information content (AvgIpc) is 2.37. The van der Waals surface area contributed by atoms with Gasteiger partial charge in [0.15, 0.2) is 0 Å². The lowest BCUT2D eigenvalue weighted by molar-refractivity contribution is 0.663. The first-order valence-electron chi connectivity index (χ1n) is 7.68. The Morgan fingerprint density at radius 1 is 1.10 bits per heavy atom. The quantitative estimate of drug-likeness (QED) is 0.535. The molecule has 0 fully saturated rings. The normalized spacial score (nSPS) is 11.7. The Morgan fingerprint density at radius 2 is 1.65 bits per heavy atom. The van der Waals surface area contributed by atoms with Crippen molar-refractivity contribution in [3.05, 3.63) is 11.3 Å². The lowest BCUT2D eigenvalue weighted by atomic mass is 10.3. The molecule has 0 amide bonds. The van der Waals surface area contributed by atoms with Gasteiger partial charge >= 0.3 is 0 Å². The molecule has 0 unspecified atom stereocenters. The molecule has 3 nitrogen and oxygen atoms in total. The van der Waals surface area contributed by atoms with Gasteiger partial charge in [0, 0.05) is 19.3 Å². The molecule has 0 N–H and O–H groups in total. The van der Waals surface area contributed by atoms with Crippen LogP contribution in [0.15, 0.2) is 6.20 Å². The molecule has 0 spiro atoms. The fourth-order valence-corrected chi connectivity index (χ4v) is 4.12. The maximum atomic E-state index is 6.38. The zero-order chi connectivity index (χ0) is 15.2. The largest absolute Gasteiger partial charge is 0.341 e. The third kappa shape index (κ3) is 5.06. The lowest BCUT2D eigenvalue weighted by Crippen LogP contribution is -2.40. The van der Waals surface area contributed by atoms with Crippen molar-refractivity contribution in [2.75, 3.05) is 18.0 Å². The van der Waals surface area contributed by atoms with Crippen LogP contribution in [0.25, 0.3) is 0 Å². The second-order valence-corrected chi connectivity index (χ2v) is 11.7. The van der Waals surface area contributed by atoms with Crippen molar-refractivity contribution in [1.29, 1.82) is 0 Å². The van der Waals surface area contributed by atoms with Crippen LogP contribution in [-0.4, -0.2) is 31.1 Å². The van der Waals surface area contributed by atoms with E-state index in [-0.39, 0.29) is 0 Å². The summed E-state index contributed by atoms with van der Waals surface area (Å²) in [6.45, 7) is 13.2. The third-order valence-corrected chi connectivity index (χ3v) is 5.81. The minimum absolute atomic E-state index is 0.646. The molecule has 0 bridgehead atoms. The Labute approximate surface area is 129 Å². The van der Waals surface area contributed by atoms with Gasteiger partial charge in [-0.05, 0) is 18.0 Å². The average molecular weight is 314 g/mol. The topological polar surface area (TPSA) is 29.0 Å². The molecule has 5 heteroatoms. The molecule has 0 atom stereocenters. The smallest absolute Gasteiger partial charge is 0.226 e. The molecular weight excluding hydrogens is 286 g/mol. The van der Waals surface area contributed by atoms with Crippen molar-refractivity contribution >= 4 is 30.8 Å². The van der Waals surface area contributed by atoms with Crippen molar-refractivity contribution in [3.63, 3.8) is 0 Å². The first-order chi connectivity index (χ1) is 9.40. The second kappa shape index (κ2) is 7.98. The Kier molecular flexibility index (Phi) is 6.96. The summed E-state index contributed by atoms with van der Waals surface area (Å²) >= 11 is 6.38. The van der Waals surface area contributed by atoms with Gasteiger partial charge in [-0.15, -0.1) is 0 Å². The highest BCUT2D eigenvalue weighted by atomic mass is 35.5. The zero-order valence-electron chi connectivity index (χ0n) is 13.5. The van der Waals surface area contributed by atoms with E-state index in [0.717, 1.165) is 24.2 Å². The van der Waals surface area contributed by atoms with Crippen LogP contribution >= 0.6 is 11.6 Å². The number of hydrogen-bond acceptors (Lipinski definition) is 3. The van der Waals surface area contributed by atoms with Gasteiger partial charge in [-0.1, -0.05) is 57.9 Å². The molecule has 0 saturated carbocycles. The van der Waals surface area contributed by atoms with Crippen molar-refractivity contribution in [2.45, 2.75) is 59.2 Å². The van der Waals surface area contributed by atoms with E-state index in [9.17, 15) is 0 Å². The molecule has 0 aliphatic carbocycles. The Bertz CT molecular complexity index is 410. The number of hydrogen-bond donors (Lipinski definition) is 0. The van der Waals surface area contributed by atoms with E-state index in [1.807, 2.05) is 6.20 Å². The number of anilines is 1. The molecule has 0 aromatic carbocycles. The van der Waals surface area contributed by atoms with E-state index in [1.54, 1.807) is 0 Å². The molecule has 1 aromatic heterocycles. The molecule has 1 rings (SSSR count). The summed E-state index contributed by atoms with van der Waals surface area (Å²) in [5.74, 6) is 0.791. The molecule has 1 aromatic rings. The summed E-state index contributed by atoms with van der Waals surface area (Å²) < 4.78 is 0. The van der Waals surface area contributed by atoms with Crippen molar-refractivity contribution in [3.8, 4) is 0 Å². The molecule has 0 aliphatic rings. The van der Waals surface area contributed by atoms with E-state index in [0.29, 0.717) is 5.15 Å². The van der Waals surface area contributed by atoms with E-state index < -0.39 is 8.07 Å². The maximum absolute atomic E-state index is 6.38. The van der Waals surface area contributed by atoms with Crippen molar-refractivity contribution < 1.29 is 0 Å². The van der Waals surface area contributed by atoms with Crippen LogP contribution in [0.1, 0.15) is 39.5 Å². The van der Waals surface area contributed by atoms with Gasteiger partial charge in [-0.3, -0.25) is 0 Å². The number of halogens is 1. The summed E-state index contributed by atoms with van der Waals surface area (Å²) in [4.78, 5) is 11.4. The van der Waals surface area contributed by atoms with Gasteiger partial charge in [-0.25, -0.2) is 9.97 Å². The van der Waals surface area contributed by atoms with Gasteiger partial charge in [0.05, 0.1) is 8.07 Å². The fourth-order valence-electron chi connectivity index (χ4n) is 2.02. The van der Waals surface area contributed by atoms with Crippen LogP contribution < -0.4 is 10.1 Å². The summed E-state index contributed by atoms with van der Waals surface area (Å²) in [7, 11) is -1.46. The van der Waals surface area contributed by atoms with Crippen LogP contribution in [0.5, 0.6) is 0 Å². The predicted molar refractivity (Wildman–Crippen MR) is 92.1 cm³/mol. The number of nitrogens with zero attached hydrogens (tertiary/aromatic N) is 3. The molecule has 1 heterocycles. The minimum atomic E-state index is -1.46. The maximum Gasteiger partial charge on any atom is 0.226 e. The van der Waals surface area contributed by atoms with Gasteiger partial charge < -0.3 is 4.90 Å². The van der Waals surface area contributed by atoms with Crippen LogP contribution in [0.3, 0.4) is 0 Å². The highest BCUT2D eigenvalue weighted by Crippen LogP contribution is 2.15. The first-order valence-corrected chi connectivity index (χ1v) is 11.6.